The number of Topliss-reactive ketones (excluding diaryl/α,β-unsaturated/α-hetero) is 2. The first-order chi connectivity index (χ1) is 10.5. The first-order valence-corrected chi connectivity index (χ1v) is 6.91. The lowest BCUT2D eigenvalue weighted by atomic mass is 9.92. The predicted octanol–water partition coefficient (Wildman–Crippen LogP) is 2.73. The van der Waals surface area contributed by atoms with Crippen molar-refractivity contribution in [2.45, 2.75) is 19.4 Å². The molecular formula is C18H17NO3. The summed E-state index contributed by atoms with van der Waals surface area (Å²) in [5.74, 6) is -1.07. The highest BCUT2D eigenvalue weighted by atomic mass is 16.2. The smallest absolute Gasteiger partial charge is 0.233 e. The predicted molar refractivity (Wildman–Crippen MR) is 83.8 cm³/mol. The van der Waals surface area contributed by atoms with E-state index in [-0.39, 0.29) is 0 Å². The molecule has 4 nitrogen and oxygen atoms in total. The Balaban J connectivity index is 2.22. The second-order valence-electron chi connectivity index (χ2n) is 5.49. The molecule has 4 heteroatoms. The van der Waals surface area contributed by atoms with E-state index in [2.05, 4.69) is 5.32 Å². The van der Waals surface area contributed by atoms with Gasteiger partial charge in [0.1, 0.15) is 0 Å². The lowest BCUT2D eigenvalue weighted by Gasteiger charge is -2.24. The molecule has 2 aromatic carbocycles. The summed E-state index contributed by atoms with van der Waals surface area (Å²) in [6.45, 7) is 3.71. The summed E-state index contributed by atoms with van der Waals surface area (Å²) in [5, 5.41) is 2.70. The molecule has 0 spiro atoms. The summed E-state index contributed by atoms with van der Waals surface area (Å²) in [4.78, 5) is 34.9. The maximum absolute atomic E-state index is 12.2. The van der Waals surface area contributed by atoms with Crippen LogP contribution in [0.1, 0.15) is 40.1 Å². The van der Waals surface area contributed by atoms with Crippen LogP contribution in [0.5, 0.6) is 0 Å². The van der Waals surface area contributed by atoms with Crippen LogP contribution in [0.4, 0.5) is 0 Å². The number of ketones is 2. The minimum atomic E-state index is -0.543. The van der Waals surface area contributed by atoms with E-state index in [9.17, 15) is 14.4 Å². The monoisotopic (exact) mass is 295 g/mol. The molecule has 0 saturated carbocycles. The van der Waals surface area contributed by atoms with Crippen molar-refractivity contribution in [3.8, 4) is 0 Å². The highest BCUT2D eigenvalue weighted by molar-refractivity contribution is 6.49. The maximum atomic E-state index is 12.2. The minimum absolute atomic E-state index is 0.333. The van der Waals surface area contributed by atoms with Gasteiger partial charge in [0.2, 0.25) is 18.0 Å². The van der Waals surface area contributed by atoms with Crippen LogP contribution < -0.4 is 5.32 Å². The summed E-state index contributed by atoms with van der Waals surface area (Å²) >= 11 is 0. The molecule has 0 heterocycles. The van der Waals surface area contributed by atoms with Crippen LogP contribution in [-0.2, 0) is 10.3 Å². The molecule has 0 bridgehead atoms. The zero-order valence-corrected chi connectivity index (χ0v) is 12.5. The van der Waals surface area contributed by atoms with Crippen molar-refractivity contribution in [1.29, 1.82) is 0 Å². The van der Waals surface area contributed by atoms with Crippen molar-refractivity contribution < 1.29 is 14.4 Å². The zero-order chi connectivity index (χ0) is 16.2. The Kier molecular flexibility index (Phi) is 4.51. The van der Waals surface area contributed by atoms with Gasteiger partial charge in [0.25, 0.3) is 0 Å². The molecule has 0 fully saturated rings. The molecule has 22 heavy (non-hydrogen) atoms. The van der Waals surface area contributed by atoms with Crippen LogP contribution in [0.2, 0.25) is 0 Å². The molecule has 0 unspecified atom stereocenters. The number of carbonyl (C=O) groups is 3. The van der Waals surface area contributed by atoms with Gasteiger partial charge in [-0.15, -0.1) is 0 Å². The van der Waals surface area contributed by atoms with Crippen molar-refractivity contribution in [2.24, 2.45) is 0 Å². The van der Waals surface area contributed by atoms with E-state index >= 15 is 0 Å². The fourth-order valence-electron chi connectivity index (χ4n) is 2.12. The molecule has 0 radical (unpaired) electrons. The summed E-state index contributed by atoms with van der Waals surface area (Å²) in [6.07, 6.45) is 0.637. The van der Waals surface area contributed by atoms with Crippen LogP contribution in [0.25, 0.3) is 0 Å². The second-order valence-corrected chi connectivity index (χ2v) is 5.49. The van der Waals surface area contributed by atoms with Crippen LogP contribution in [0.15, 0.2) is 54.6 Å². The van der Waals surface area contributed by atoms with E-state index < -0.39 is 17.1 Å². The molecule has 0 aliphatic heterocycles. The van der Waals surface area contributed by atoms with E-state index in [4.69, 9.17) is 0 Å². The molecule has 0 aliphatic carbocycles. The normalized spacial score (nSPS) is 10.8. The van der Waals surface area contributed by atoms with Crippen LogP contribution in [0, 0.1) is 0 Å². The SMILES string of the molecule is CC(C)(NC=O)c1ccc(C(=O)C(=O)c2ccccc2)cc1. The zero-order valence-electron chi connectivity index (χ0n) is 12.5. The molecule has 0 aromatic heterocycles. The van der Waals surface area contributed by atoms with Gasteiger partial charge in [0.05, 0.1) is 5.54 Å². The number of rotatable bonds is 6. The average molecular weight is 295 g/mol. The topological polar surface area (TPSA) is 63.2 Å². The lowest BCUT2D eigenvalue weighted by Crippen LogP contribution is -2.35. The van der Waals surface area contributed by atoms with Crippen LogP contribution >= 0.6 is 0 Å². The van der Waals surface area contributed by atoms with E-state index in [1.54, 1.807) is 54.6 Å². The third-order valence-electron chi connectivity index (χ3n) is 3.53. The van der Waals surface area contributed by atoms with E-state index in [1.807, 2.05) is 13.8 Å². The van der Waals surface area contributed by atoms with Crippen molar-refractivity contribution in [3.63, 3.8) is 0 Å². The Labute approximate surface area is 129 Å². The van der Waals surface area contributed by atoms with Crippen molar-refractivity contribution in [1.82, 2.24) is 5.32 Å². The summed E-state index contributed by atoms with van der Waals surface area (Å²) in [7, 11) is 0. The van der Waals surface area contributed by atoms with Gasteiger partial charge in [0.15, 0.2) is 0 Å². The van der Waals surface area contributed by atoms with E-state index in [1.165, 1.54) is 0 Å². The van der Waals surface area contributed by atoms with Gasteiger partial charge in [-0.25, -0.2) is 0 Å². The largest absolute Gasteiger partial charge is 0.350 e. The van der Waals surface area contributed by atoms with E-state index in [0.717, 1.165) is 5.56 Å². The summed E-state index contributed by atoms with van der Waals surface area (Å²) < 4.78 is 0. The molecule has 0 atom stereocenters. The van der Waals surface area contributed by atoms with Gasteiger partial charge in [-0.1, -0.05) is 54.6 Å². The number of benzene rings is 2. The lowest BCUT2D eigenvalue weighted by molar-refractivity contribution is -0.111. The molecule has 2 aromatic rings. The molecule has 2 rings (SSSR count). The van der Waals surface area contributed by atoms with Crippen molar-refractivity contribution >= 4 is 18.0 Å². The maximum Gasteiger partial charge on any atom is 0.233 e. The minimum Gasteiger partial charge on any atom is -0.350 e. The Morgan fingerprint density at radius 3 is 1.86 bits per heavy atom. The number of amides is 1. The summed E-state index contributed by atoms with van der Waals surface area (Å²) in [6, 6.07) is 15.1. The molecular weight excluding hydrogens is 278 g/mol. The molecule has 1 N–H and O–H groups in total. The van der Waals surface area contributed by atoms with Gasteiger partial charge >= 0.3 is 0 Å². The molecule has 0 aliphatic rings. The summed E-state index contributed by atoms with van der Waals surface area (Å²) in [5.41, 5.74) is 1.02. The quantitative estimate of drug-likeness (QED) is 0.506. The van der Waals surface area contributed by atoms with Gasteiger partial charge in [0, 0.05) is 11.1 Å². The van der Waals surface area contributed by atoms with Crippen LogP contribution in [-0.4, -0.2) is 18.0 Å². The number of hydrogen-bond donors (Lipinski definition) is 1. The van der Waals surface area contributed by atoms with Crippen LogP contribution in [0.3, 0.4) is 0 Å². The highest BCUT2D eigenvalue weighted by Gasteiger charge is 2.21. The second kappa shape index (κ2) is 6.35. The number of hydrogen-bond acceptors (Lipinski definition) is 3. The molecule has 1 amide bonds. The van der Waals surface area contributed by atoms with Gasteiger partial charge in [-0.05, 0) is 19.4 Å². The third kappa shape index (κ3) is 3.28. The molecule has 112 valence electrons. The fourth-order valence-corrected chi connectivity index (χ4v) is 2.12. The Hall–Kier alpha value is -2.75. The first kappa shape index (κ1) is 15.6. The van der Waals surface area contributed by atoms with Gasteiger partial charge in [-0.2, -0.15) is 0 Å². The Morgan fingerprint density at radius 2 is 1.36 bits per heavy atom. The fraction of sp³-hybridized carbons (Fsp3) is 0.167. The Morgan fingerprint density at radius 1 is 0.864 bits per heavy atom. The van der Waals surface area contributed by atoms with E-state index in [0.29, 0.717) is 17.5 Å². The van der Waals surface area contributed by atoms with Gasteiger partial charge in [-0.3, -0.25) is 14.4 Å². The standard InChI is InChI=1S/C18H17NO3/c1-18(2,19-12-20)15-10-8-14(9-11-15)17(22)16(21)13-6-4-3-5-7-13/h3-12H,1-2H3,(H,19,20). The van der Waals surface area contributed by atoms with Crippen molar-refractivity contribution in [2.75, 3.05) is 0 Å². The Bertz CT molecular complexity index is 688. The first-order valence-electron chi connectivity index (χ1n) is 6.91. The average Bonchev–Trinajstić information content (AvgIpc) is 2.54. The van der Waals surface area contributed by atoms with Gasteiger partial charge < -0.3 is 5.32 Å². The number of nitrogens with one attached hydrogen (secondary N) is 1. The third-order valence-corrected chi connectivity index (χ3v) is 3.53. The highest BCUT2D eigenvalue weighted by Crippen LogP contribution is 2.20. The van der Waals surface area contributed by atoms with Crippen molar-refractivity contribution in [3.05, 3.63) is 71.3 Å². The molecule has 0 saturated heterocycles. The number of carbonyl (C=O) groups excluding carboxylic acids is 3.